The highest BCUT2D eigenvalue weighted by molar-refractivity contribution is 8.00. The number of thioether (sulfide) groups is 1. The standard InChI is InChI=1S/C13H29N3O2S2/c1-4-14-10-7-11-16(3)20(17,18)15-12-8-6-9-13(12)19-5-2/h12-15H,4-11H2,1-3H3. The third kappa shape index (κ3) is 5.89. The molecule has 1 rings (SSSR count). The second-order valence-corrected chi connectivity index (χ2v) is 8.51. The summed E-state index contributed by atoms with van der Waals surface area (Å²) in [4.78, 5) is 0. The summed E-state index contributed by atoms with van der Waals surface area (Å²) in [6.07, 6.45) is 4.04. The number of hydrogen-bond acceptors (Lipinski definition) is 4. The summed E-state index contributed by atoms with van der Waals surface area (Å²) in [7, 11) is -1.68. The Hall–Kier alpha value is 0.180. The second-order valence-electron chi connectivity index (χ2n) is 5.18. The minimum Gasteiger partial charge on any atom is -0.317 e. The fraction of sp³-hybridized carbons (Fsp3) is 1.00. The first-order valence-corrected chi connectivity index (χ1v) is 10.1. The highest BCUT2D eigenvalue weighted by Gasteiger charge is 2.31. The number of rotatable bonds is 10. The zero-order valence-corrected chi connectivity index (χ0v) is 14.5. The van der Waals surface area contributed by atoms with E-state index >= 15 is 0 Å². The van der Waals surface area contributed by atoms with Crippen molar-refractivity contribution in [2.45, 2.75) is 50.8 Å². The van der Waals surface area contributed by atoms with Crippen molar-refractivity contribution in [2.24, 2.45) is 0 Å². The van der Waals surface area contributed by atoms with E-state index in [4.69, 9.17) is 0 Å². The molecule has 0 aromatic heterocycles. The molecular weight excluding hydrogens is 294 g/mol. The molecular formula is C13H29N3O2S2. The fourth-order valence-corrected chi connectivity index (χ4v) is 4.98. The Morgan fingerprint density at radius 2 is 2.05 bits per heavy atom. The molecule has 0 radical (unpaired) electrons. The smallest absolute Gasteiger partial charge is 0.279 e. The van der Waals surface area contributed by atoms with Crippen molar-refractivity contribution >= 4 is 22.0 Å². The predicted octanol–water partition coefficient (Wildman–Crippen LogP) is 1.43. The SMILES string of the molecule is CCNCCCN(C)S(=O)(=O)NC1CCCC1SCC. The molecule has 0 heterocycles. The Morgan fingerprint density at radius 3 is 2.70 bits per heavy atom. The predicted molar refractivity (Wildman–Crippen MR) is 87.4 cm³/mol. The molecule has 2 atom stereocenters. The van der Waals surface area contributed by atoms with Crippen LogP contribution in [0.4, 0.5) is 0 Å². The van der Waals surface area contributed by atoms with Gasteiger partial charge in [-0.15, -0.1) is 0 Å². The zero-order chi connectivity index (χ0) is 15.0. The van der Waals surface area contributed by atoms with Gasteiger partial charge in [-0.2, -0.15) is 29.2 Å². The first kappa shape index (κ1) is 18.2. The number of nitrogens with zero attached hydrogens (tertiary/aromatic N) is 1. The molecule has 0 aliphatic heterocycles. The Morgan fingerprint density at radius 1 is 1.30 bits per heavy atom. The highest BCUT2D eigenvalue weighted by atomic mass is 32.2. The van der Waals surface area contributed by atoms with Crippen LogP contribution in [0.15, 0.2) is 0 Å². The van der Waals surface area contributed by atoms with Gasteiger partial charge in [-0.25, -0.2) is 0 Å². The normalized spacial score (nSPS) is 23.6. The van der Waals surface area contributed by atoms with Crippen molar-refractivity contribution in [2.75, 3.05) is 32.4 Å². The first-order valence-electron chi connectivity index (χ1n) is 7.57. The first-order chi connectivity index (χ1) is 9.51. The Kier molecular flexibility index (Phi) is 8.43. The van der Waals surface area contributed by atoms with Crippen LogP contribution in [0, 0.1) is 0 Å². The average molecular weight is 324 g/mol. The third-order valence-electron chi connectivity index (χ3n) is 3.62. The van der Waals surface area contributed by atoms with Crippen LogP contribution in [0.1, 0.15) is 39.5 Å². The summed E-state index contributed by atoms with van der Waals surface area (Å²) < 4.78 is 28.9. The van der Waals surface area contributed by atoms with E-state index in [1.54, 1.807) is 7.05 Å². The van der Waals surface area contributed by atoms with Gasteiger partial charge in [-0.3, -0.25) is 0 Å². The largest absolute Gasteiger partial charge is 0.317 e. The second kappa shape index (κ2) is 9.25. The molecule has 7 heteroatoms. The van der Waals surface area contributed by atoms with E-state index in [1.165, 1.54) is 4.31 Å². The van der Waals surface area contributed by atoms with Crippen LogP contribution in [0.5, 0.6) is 0 Å². The topological polar surface area (TPSA) is 61.4 Å². The van der Waals surface area contributed by atoms with E-state index in [0.29, 0.717) is 11.8 Å². The van der Waals surface area contributed by atoms with Crippen LogP contribution in [0.3, 0.4) is 0 Å². The van der Waals surface area contributed by atoms with Gasteiger partial charge in [0.05, 0.1) is 0 Å². The van der Waals surface area contributed by atoms with Crippen molar-refractivity contribution < 1.29 is 8.42 Å². The van der Waals surface area contributed by atoms with Crippen LogP contribution < -0.4 is 10.0 Å². The van der Waals surface area contributed by atoms with Crippen LogP contribution >= 0.6 is 11.8 Å². The molecule has 1 saturated carbocycles. The Bertz CT molecular complexity index is 363. The summed E-state index contributed by atoms with van der Waals surface area (Å²) in [6, 6.07) is 0.0983. The number of nitrogens with one attached hydrogen (secondary N) is 2. The van der Waals surface area contributed by atoms with E-state index in [1.807, 2.05) is 18.7 Å². The van der Waals surface area contributed by atoms with Crippen LogP contribution in [-0.4, -0.2) is 56.4 Å². The van der Waals surface area contributed by atoms with Crippen LogP contribution in [0.25, 0.3) is 0 Å². The quantitative estimate of drug-likeness (QED) is 0.597. The van der Waals surface area contributed by atoms with E-state index in [9.17, 15) is 8.42 Å². The Balaban J connectivity index is 2.43. The van der Waals surface area contributed by atoms with Gasteiger partial charge in [0.2, 0.25) is 0 Å². The minimum absolute atomic E-state index is 0.0983. The maximum absolute atomic E-state index is 12.3. The Labute approximate surface area is 128 Å². The van der Waals surface area contributed by atoms with Crippen molar-refractivity contribution in [3.8, 4) is 0 Å². The van der Waals surface area contributed by atoms with Crippen molar-refractivity contribution in [1.82, 2.24) is 14.3 Å². The van der Waals surface area contributed by atoms with Crippen molar-refractivity contribution in [1.29, 1.82) is 0 Å². The van der Waals surface area contributed by atoms with Crippen molar-refractivity contribution in [3.05, 3.63) is 0 Å². The van der Waals surface area contributed by atoms with Gasteiger partial charge in [0, 0.05) is 24.9 Å². The van der Waals surface area contributed by atoms with Crippen LogP contribution in [-0.2, 0) is 10.2 Å². The summed E-state index contributed by atoms with van der Waals surface area (Å²) in [5, 5.41) is 3.64. The fourth-order valence-electron chi connectivity index (χ4n) is 2.48. The van der Waals surface area contributed by atoms with Gasteiger partial charge < -0.3 is 5.32 Å². The van der Waals surface area contributed by atoms with E-state index in [-0.39, 0.29) is 6.04 Å². The molecule has 1 aliphatic rings. The molecule has 0 amide bonds. The van der Waals surface area contributed by atoms with Crippen LogP contribution in [0.2, 0.25) is 0 Å². The molecule has 0 bridgehead atoms. The molecule has 1 aliphatic carbocycles. The molecule has 20 heavy (non-hydrogen) atoms. The molecule has 0 aromatic carbocycles. The van der Waals surface area contributed by atoms with Gasteiger partial charge in [0.25, 0.3) is 10.2 Å². The molecule has 0 aromatic rings. The van der Waals surface area contributed by atoms with Gasteiger partial charge in [-0.05, 0) is 38.1 Å². The summed E-state index contributed by atoms with van der Waals surface area (Å²) in [5.74, 6) is 1.04. The maximum Gasteiger partial charge on any atom is 0.279 e. The molecule has 2 unspecified atom stereocenters. The van der Waals surface area contributed by atoms with E-state index < -0.39 is 10.2 Å². The molecule has 120 valence electrons. The molecule has 1 fully saturated rings. The third-order valence-corrected chi connectivity index (χ3v) is 6.55. The summed E-state index contributed by atoms with van der Waals surface area (Å²) in [6.45, 7) is 6.51. The lowest BCUT2D eigenvalue weighted by Crippen LogP contribution is -2.46. The highest BCUT2D eigenvalue weighted by Crippen LogP contribution is 2.30. The minimum atomic E-state index is -3.34. The lowest BCUT2D eigenvalue weighted by molar-refractivity contribution is 0.436. The van der Waals surface area contributed by atoms with Gasteiger partial charge in [-0.1, -0.05) is 20.3 Å². The lowest BCUT2D eigenvalue weighted by Gasteiger charge is -2.24. The van der Waals surface area contributed by atoms with E-state index in [2.05, 4.69) is 17.0 Å². The average Bonchev–Trinajstić information content (AvgIpc) is 2.81. The van der Waals surface area contributed by atoms with Gasteiger partial charge in [0.1, 0.15) is 0 Å². The maximum atomic E-state index is 12.3. The summed E-state index contributed by atoms with van der Waals surface area (Å²) >= 11 is 1.87. The molecule has 0 spiro atoms. The van der Waals surface area contributed by atoms with Gasteiger partial charge >= 0.3 is 0 Å². The molecule has 0 saturated heterocycles. The van der Waals surface area contributed by atoms with E-state index in [0.717, 1.165) is 44.5 Å². The number of hydrogen-bond donors (Lipinski definition) is 2. The van der Waals surface area contributed by atoms with Crippen molar-refractivity contribution in [3.63, 3.8) is 0 Å². The monoisotopic (exact) mass is 323 g/mol. The summed E-state index contributed by atoms with van der Waals surface area (Å²) in [5.41, 5.74) is 0. The zero-order valence-electron chi connectivity index (χ0n) is 12.9. The van der Waals surface area contributed by atoms with Gasteiger partial charge in [0.15, 0.2) is 0 Å². The molecule has 2 N–H and O–H groups in total. The lowest BCUT2D eigenvalue weighted by atomic mass is 10.3. The molecule has 5 nitrogen and oxygen atoms in total.